The molecule has 10 heteroatoms. The summed E-state index contributed by atoms with van der Waals surface area (Å²) in [6.45, 7) is 3.10. The van der Waals surface area contributed by atoms with E-state index in [0.717, 1.165) is 6.07 Å². The third-order valence-electron chi connectivity index (χ3n) is 3.21. The van der Waals surface area contributed by atoms with Gasteiger partial charge in [0.15, 0.2) is 5.82 Å². The molecule has 1 aromatic carbocycles. The van der Waals surface area contributed by atoms with Gasteiger partial charge in [-0.1, -0.05) is 13.0 Å². The van der Waals surface area contributed by atoms with Crippen LogP contribution in [0.5, 0.6) is 0 Å². The summed E-state index contributed by atoms with van der Waals surface area (Å²) in [6, 6.07) is 2.42. The zero-order valence-corrected chi connectivity index (χ0v) is 15.0. The number of sulfonamides is 1. The van der Waals surface area contributed by atoms with Crippen LogP contribution >= 0.6 is 0 Å². The Labute approximate surface area is 140 Å². The Hall–Kier alpha value is -1.68. The number of halogens is 1. The first-order chi connectivity index (χ1) is 11.0. The van der Waals surface area contributed by atoms with Crippen LogP contribution in [0.2, 0.25) is 0 Å². The molecule has 24 heavy (non-hydrogen) atoms. The van der Waals surface area contributed by atoms with Gasteiger partial charge >= 0.3 is 5.97 Å². The summed E-state index contributed by atoms with van der Waals surface area (Å²) in [7, 11) is -7.30. The first-order valence-electron chi connectivity index (χ1n) is 7.22. The van der Waals surface area contributed by atoms with E-state index < -0.39 is 48.7 Å². The molecular weight excluding hydrogens is 361 g/mol. The molecule has 7 nitrogen and oxygen atoms in total. The van der Waals surface area contributed by atoms with Gasteiger partial charge in [-0.2, -0.15) is 0 Å². The fourth-order valence-corrected chi connectivity index (χ4v) is 4.83. The Morgan fingerprint density at radius 1 is 1.17 bits per heavy atom. The Morgan fingerprint density at radius 3 is 2.33 bits per heavy atom. The fraction of sp³-hybridized carbons (Fsp3) is 0.500. The molecule has 0 fully saturated rings. The van der Waals surface area contributed by atoms with Gasteiger partial charge in [-0.3, -0.25) is 4.72 Å². The number of anilines is 1. The van der Waals surface area contributed by atoms with Gasteiger partial charge in [-0.05, 0) is 31.4 Å². The second-order valence-corrected chi connectivity index (χ2v) is 9.50. The van der Waals surface area contributed by atoms with Gasteiger partial charge < -0.3 is 5.11 Å². The van der Waals surface area contributed by atoms with E-state index in [1.165, 1.54) is 13.0 Å². The molecule has 0 spiro atoms. The van der Waals surface area contributed by atoms with E-state index in [1.54, 1.807) is 6.92 Å². The number of nitrogens with one attached hydrogen (secondary N) is 1. The number of sulfone groups is 1. The smallest absolute Gasteiger partial charge is 0.339 e. The lowest BCUT2D eigenvalue weighted by Gasteiger charge is -2.11. The van der Waals surface area contributed by atoms with Gasteiger partial charge in [0.2, 0.25) is 10.0 Å². The molecule has 1 aromatic rings. The number of rotatable bonds is 9. The number of benzene rings is 1. The number of aryl methyl sites for hydroxylation is 1. The number of hydrogen-bond acceptors (Lipinski definition) is 5. The highest BCUT2D eigenvalue weighted by molar-refractivity contribution is 7.93. The molecule has 0 amide bonds. The van der Waals surface area contributed by atoms with Crippen molar-refractivity contribution in [2.45, 2.75) is 26.7 Å². The second-order valence-electron chi connectivity index (χ2n) is 5.35. The second kappa shape index (κ2) is 7.93. The molecule has 0 radical (unpaired) electrons. The van der Waals surface area contributed by atoms with Crippen LogP contribution < -0.4 is 4.72 Å². The molecule has 0 heterocycles. The normalized spacial score (nSPS) is 12.1. The molecule has 2 N–H and O–H groups in total. The van der Waals surface area contributed by atoms with Crippen LogP contribution in [0.3, 0.4) is 0 Å². The zero-order chi connectivity index (χ0) is 18.5. The lowest BCUT2D eigenvalue weighted by molar-refractivity contribution is 0.0691. The minimum Gasteiger partial charge on any atom is -0.478 e. The van der Waals surface area contributed by atoms with Crippen LogP contribution in [0.4, 0.5) is 10.1 Å². The van der Waals surface area contributed by atoms with Crippen LogP contribution in [-0.2, 0) is 19.9 Å². The van der Waals surface area contributed by atoms with Crippen molar-refractivity contribution in [1.29, 1.82) is 0 Å². The van der Waals surface area contributed by atoms with Gasteiger partial charge in [0.05, 0.1) is 17.2 Å². The van der Waals surface area contributed by atoms with E-state index in [4.69, 9.17) is 5.11 Å². The molecular formula is C14H20FNO6S2. The van der Waals surface area contributed by atoms with Crippen molar-refractivity contribution >= 4 is 31.5 Å². The van der Waals surface area contributed by atoms with Gasteiger partial charge in [-0.25, -0.2) is 26.0 Å². The standard InChI is InChI=1S/C14H20FNO6S2/c1-3-7-23(19,20)8-4-9-24(21,22)16-11-6-5-10(2)12(13(11)15)14(17)18/h5-6,16H,3-4,7-9H2,1-2H3,(H,17,18). The first kappa shape index (κ1) is 20.4. The average molecular weight is 381 g/mol. The number of aromatic carboxylic acids is 1. The summed E-state index contributed by atoms with van der Waals surface area (Å²) in [5, 5.41) is 8.97. The van der Waals surface area contributed by atoms with Crippen molar-refractivity contribution in [3.05, 3.63) is 29.1 Å². The van der Waals surface area contributed by atoms with Gasteiger partial charge in [-0.15, -0.1) is 0 Å². The highest BCUT2D eigenvalue weighted by Gasteiger charge is 2.21. The fourth-order valence-electron chi connectivity index (χ4n) is 2.11. The molecule has 0 bridgehead atoms. The lowest BCUT2D eigenvalue weighted by Crippen LogP contribution is -2.21. The molecule has 0 saturated heterocycles. The molecule has 0 aliphatic rings. The van der Waals surface area contributed by atoms with Crippen LogP contribution in [0.25, 0.3) is 0 Å². The monoisotopic (exact) mass is 381 g/mol. The quantitative estimate of drug-likeness (QED) is 0.673. The van der Waals surface area contributed by atoms with Crippen molar-refractivity contribution in [1.82, 2.24) is 0 Å². The summed E-state index contributed by atoms with van der Waals surface area (Å²) in [4.78, 5) is 11.0. The highest BCUT2D eigenvalue weighted by atomic mass is 32.2. The predicted octanol–water partition coefficient (Wildman–Crippen LogP) is 1.79. The number of carbonyl (C=O) groups is 1. The molecule has 1 rings (SSSR count). The van der Waals surface area contributed by atoms with Crippen molar-refractivity contribution < 1.29 is 31.1 Å². The third kappa shape index (κ3) is 5.75. The summed E-state index contributed by atoms with van der Waals surface area (Å²) >= 11 is 0. The van der Waals surface area contributed by atoms with Gasteiger partial charge in [0, 0.05) is 5.75 Å². The summed E-state index contributed by atoms with van der Waals surface area (Å²) < 4.78 is 63.1. The number of hydrogen-bond donors (Lipinski definition) is 2. The summed E-state index contributed by atoms with van der Waals surface area (Å²) in [5.41, 5.74) is -0.927. The molecule has 0 saturated carbocycles. The van der Waals surface area contributed by atoms with Crippen LogP contribution in [-0.4, -0.2) is 45.2 Å². The van der Waals surface area contributed by atoms with Crippen molar-refractivity contribution in [2.75, 3.05) is 22.0 Å². The SMILES string of the molecule is CCCS(=O)(=O)CCCS(=O)(=O)Nc1ccc(C)c(C(=O)O)c1F. The van der Waals surface area contributed by atoms with E-state index in [2.05, 4.69) is 0 Å². The average Bonchev–Trinajstić information content (AvgIpc) is 2.41. The van der Waals surface area contributed by atoms with Crippen LogP contribution in [0.1, 0.15) is 35.7 Å². The molecule has 0 aliphatic heterocycles. The molecule has 136 valence electrons. The number of carboxylic acid groups (broad SMARTS) is 1. The summed E-state index contributed by atoms with van der Waals surface area (Å²) in [5.74, 6) is -3.49. The van der Waals surface area contributed by atoms with Gasteiger partial charge in [0.1, 0.15) is 15.4 Å². The van der Waals surface area contributed by atoms with E-state index in [1.807, 2.05) is 4.72 Å². The number of carboxylic acids is 1. The molecule has 0 unspecified atom stereocenters. The minimum absolute atomic E-state index is 0.0188. The Balaban J connectivity index is 2.85. The third-order valence-corrected chi connectivity index (χ3v) is 6.51. The van der Waals surface area contributed by atoms with Gasteiger partial charge in [0.25, 0.3) is 0 Å². The predicted molar refractivity (Wildman–Crippen MR) is 89.1 cm³/mol. The maximum absolute atomic E-state index is 14.1. The maximum Gasteiger partial charge on any atom is 0.339 e. The van der Waals surface area contributed by atoms with E-state index in [0.29, 0.717) is 6.42 Å². The zero-order valence-electron chi connectivity index (χ0n) is 13.4. The summed E-state index contributed by atoms with van der Waals surface area (Å²) in [6.07, 6.45) is 0.316. The van der Waals surface area contributed by atoms with Crippen LogP contribution in [0.15, 0.2) is 12.1 Å². The van der Waals surface area contributed by atoms with E-state index in [9.17, 15) is 26.0 Å². The van der Waals surface area contributed by atoms with Crippen LogP contribution in [0, 0.1) is 12.7 Å². The Morgan fingerprint density at radius 2 is 1.79 bits per heavy atom. The minimum atomic E-state index is -4.00. The molecule has 0 atom stereocenters. The van der Waals surface area contributed by atoms with E-state index in [-0.39, 0.29) is 23.5 Å². The topological polar surface area (TPSA) is 118 Å². The Kier molecular flexibility index (Phi) is 6.73. The van der Waals surface area contributed by atoms with Crippen molar-refractivity contribution in [3.8, 4) is 0 Å². The molecule has 0 aromatic heterocycles. The maximum atomic E-state index is 14.1. The van der Waals surface area contributed by atoms with E-state index >= 15 is 0 Å². The highest BCUT2D eigenvalue weighted by Crippen LogP contribution is 2.22. The van der Waals surface area contributed by atoms with Crippen molar-refractivity contribution in [2.24, 2.45) is 0 Å². The lowest BCUT2D eigenvalue weighted by atomic mass is 10.1. The largest absolute Gasteiger partial charge is 0.478 e. The van der Waals surface area contributed by atoms with Crippen molar-refractivity contribution in [3.63, 3.8) is 0 Å². The Bertz CT molecular complexity index is 818. The molecule has 0 aliphatic carbocycles. The first-order valence-corrected chi connectivity index (χ1v) is 10.7.